The number of H-pyrrole nitrogens is 1. The van der Waals surface area contributed by atoms with Gasteiger partial charge in [0.25, 0.3) is 11.8 Å². The molecular formula is C27H28N4O3. The van der Waals surface area contributed by atoms with Crippen LogP contribution in [-0.4, -0.2) is 66.9 Å². The first-order valence-corrected chi connectivity index (χ1v) is 11.4. The summed E-state index contributed by atoms with van der Waals surface area (Å²) >= 11 is 0. The van der Waals surface area contributed by atoms with Crippen LogP contribution in [-0.2, 0) is 4.79 Å². The predicted molar refractivity (Wildman–Crippen MR) is 134 cm³/mol. The number of rotatable bonds is 4. The number of anilines is 1. The molecular weight excluding hydrogens is 428 g/mol. The molecule has 0 spiro atoms. The minimum Gasteiger partial charge on any atom is -0.496 e. The maximum Gasteiger partial charge on any atom is 0.256 e. The predicted octanol–water partition coefficient (Wildman–Crippen LogP) is 3.88. The maximum absolute atomic E-state index is 13.1. The second-order valence-electron chi connectivity index (χ2n) is 8.78. The lowest BCUT2D eigenvalue weighted by atomic mass is 9.93. The van der Waals surface area contributed by atoms with Gasteiger partial charge in [-0.1, -0.05) is 30.3 Å². The number of para-hydroxylation sites is 1. The summed E-state index contributed by atoms with van der Waals surface area (Å²) in [4.78, 5) is 33.5. The Morgan fingerprint density at radius 1 is 1.03 bits per heavy atom. The lowest BCUT2D eigenvalue weighted by Crippen LogP contribution is -2.47. The minimum absolute atomic E-state index is 0.0254. The summed E-state index contributed by atoms with van der Waals surface area (Å²) in [6, 6.07) is 13.6. The number of nitrogens with zero attached hydrogens (tertiary/aromatic N) is 2. The quantitative estimate of drug-likeness (QED) is 0.584. The van der Waals surface area contributed by atoms with Crippen LogP contribution < -0.4 is 10.1 Å². The number of carbonyl (C=O) groups excluding carboxylic acids is 2. The summed E-state index contributed by atoms with van der Waals surface area (Å²) in [6.07, 6.45) is 3.60. The second kappa shape index (κ2) is 8.83. The Morgan fingerprint density at radius 3 is 2.53 bits per heavy atom. The van der Waals surface area contributed by atoms with Crippen LogP contribution in [0.3, 0.4) is 0 Å². The van der Waals surface area contributed by atoms with Crippen LogP contribution >= 0.6 is 0 Å². The number of aromatic amines is 1. The zero-order chi connectivity index (χ0) is 23.8. The number of fused-ring (bicyclic) bond motifs is 1. The van der Waals surface area contributed by atoms with Gasteiger partial charge < -0.3 is 24.8 Å². The first-order chi connectivity index (χ1) is 16.5. The van der Waals surface area contributed by atoms with Gasteiger partial charge >= 0.3 is 0 Å². The Hall–Kier alpha value is -3.84. The molecule has 7 heteroatoms. The van der Waals surface area contributed by atoms with Gasteiger partial charge in [-0.05, 0) is 43.3 Å². The van der Waals surface area contributed by atoms with Gasteiger partial charge in [0.15, 0.2) is 0 Å². The molecule has 174 valence electrons. The van der Waals surface area contributed by atoms with Crippen LogP contribution in [0, 0.1) is 6.92 Å². The van der Waals surface area contributed by atoms with E-state index >= 15 is 0 Å². The van der Waals surface area contributed by atoms with E-state index < -0.39 is 0 Å². The van der Waals surface area contributed by atoms with E-state index in [0.717, 1.165) is 52.5 Å². The molecule has 7 nitrogen and oxygen atoms in total. The van der Waals surface area contributed by atoms with Gasteiger partial charge in [0.2, 0.25) is 0 Å². The molecule has 3 aromatic rings. The topological polar surface area (TPSA) is 77.7 Å². The molecule has 2 N–H and O–H groups in total. The van der Waals surface area contributed by atoms with Gasteiger partial charge in [0.1, 0.15) is 5.75 Å². The largest absolute Gasteiger partial charge is 0.496 e. The molecule has 1 saturated heterocycles. The van der Waals surface area contributed by atoms with E-state index in [1.807, 2.05) is 60.4 Å². The summed E-state index contributed by atoms with van der Waals surface area (Å²) in [7, 11) is 3.71. The minimum atomic E-state index is -0.168. The summed E-state index contributed by atoms with van der Waals surface area (Å²) in [5.41, 5.74) is 6.22. The molecule has 0 saturated carbocycles. The van der Waals surface area contributed by atoms with E-state index in [-0.39, 0.29) is 11.8 Å². The molecule has 2 aliphatic rings. The fourth-order valence-electron chi connectivity index (χ4n) is 4.69. The number of aromatic nitrogens is 1. The van der Waals surface area contributed by atoms with Crippen molar-refractivity contribution in [2.45, 2.75) is 6.92 Å². The van der Waals surface area contributed by atoms with Gasteiger partial charge in [0, 0.05) is 54.9 Å². The van der Waals surface area contributed by atoms with E-state index in [1.165, 1.54) is 0 Å². The number of carbonyl (C=O) groups is 2. The summed E-state index contributed by atoms with van der Waals surface area (Å²) in [6.45, 7) is 5.10. The van der Waals surface area contributed by atoms with Crippen molar-refractivity contribution in [3.63, 3.8) is 0 Å². The van der Waals surface area contributed by atoms with Crippen molar-refractivity contribution >= 4 is 29.2 Å². The number of methoxy groups -OCH3 is 1. The van der Waals surface area contributed by atoms with Crippen LogP contribution in [0.5, 0.6) is 5.75 Å². The van der Waals surface area contributed by atoms with E-state index in [9.17, 15) is 9.59 Å². The third-order valence-electron chi connectivity index (χ3n) is 6.71. The smallest absolute Gasteiger partial charge is 0.256 e. The third-order valence-corrected chi connectivity index (χ3v) is 6.71. The van der Waals surface area contributed by atoms with E-state index in [0.29, 0.717) is 24.2 Å². The molecule has 3 heterocycles. The van der Waals surface area contributed by atoms with Crippen molar-refractivity contribution < 1.29 is 14.3 Å². The van der Waals surface area contributed by atoms with Crippen LogP contribution in [0.2, 0.25) is 0 Å². The number of piperazine rings is 1. The molecule has 1 aromatic heterocycles. The number of hydrogen-bond acceptors (Lipinski definition) is 4. The number of ether oxygens (including phenoxy) is 1. The standard InChI is InChI=1S/C27H28N4O3/c1-17-21(27(33)31-13-11-30(2)12-14-31)16-28-23(17)15-20-25-19(8-6-9-22(25)29-26(20)32)18-7-4-5-10-24(18)34-3/h4-10,15-16,28H,11-14H2,1-3H3,(H,29,32). The van der Waals surface area contributed by atoms with Crippen molar-refractivity contribution in [3.8, 4) is 16.9 Å². The Labute approximate surface area is 199 Å². The van der Waals surface area contributed by atoms with E-state index in [4.69, 9.17) is 4.74 Å². The number of amides is 2. The first kappa shape index (κ1) is 22.0. The molecule has 2 aliphatic heterocycles. The highest BCUT2D eigenvalue weighted by Gasteiger charge is 2.29. The Morgan fingerprint density at radius 2 is 1.76 bits per heavy atom. The molecule has 1 fully saturated rings. The lowest BCUT2D eigenvalue weighted by molar-refractivity contribution is -0.110. The van der Waals surface area contributed by atoms with Gasteiger partial charge in [-0.2, -0.15) is 0 Å². The highest BCUT2D eigenvalue weighted by molar-refractivity contribution is 6.36. The monoisotopic (exact) mass is 456 g/mol. The lowest BCUT2D eigenvalue weighted by Gasteiger charge is -2.32. The van der Waals surface area contributed by atoms with Gasteiger partial charge in [0.05, 0.1) is 18.2 Å². The molecule has 0 aliphatic carbocycles. The molecule has 2 aromatic carbocycles. The zero-order valence-corrected chi connectivity index (χ0v) is 19.6. The fourth-order valence-corrected chi connectivity index (χ4v) is 4.69. The van der Waals surface area contributed by atoms with E-state index in [2.05, 4.69) is 22.2 Å². The highest BCUT2D eigenvalue weighted by atomic mass is 16.5. The van der Waals surface area contributed by atoms with Crippen molar-refractivity contribution in [2.24, 2.45) is 0 Å². The zero-order valence-electron chi connectivity index (χ0n) is 19.6. The third kappa shape index (κ3) is 3.78. The molecule has 0 unspecified atom stereocenters. The Kier molecular flexibility index (Phi) is 5.71. The first-order valence-electron chi connectivity index (χ1n) is 11.4. The maximum atomic E-state index is 13.1. The molecule has 0 atom stereocenters. The molecule has 0 radical (unpaired) electrons. The number of hydrogen-bond donors (Lipinski definition) is 2. The van der Waals surface area contributed by atoms with Gasteiger partial charge in [-0.25, -0.2) is 0 Å². The van der Waals surface area contributed by atoms with Gasteiger partial charge in [-0.15, -0.1) is 0 Å². The summed E-state index contributed by atoms with van der Waals surface area (Å²) in [5, 5.41) is 2.98. The SMILES string of the molecule is COc1ccccc1-c1cccc2c1C(=Cc1[nH]cc(C(=O)N3CCN(C)CC3)c1C)C(=O)N2. The molecule has 0 bridgehead atoms. The Bertz CT molecular complexity index is 1300. The van der Waals surface area contributed by atoms with E-state index in [1.54, 1.807) is 13.3 Å². The average molecular weight is 457 g/mol. The number of likely N-dealkylation sites (N-methyl/N-ethyl adjacent to an activating group) is 1. The highest BCUT2D eigenvalue weighted by Crippen LogP contribution is 2.43. The van der Waals surface area contributed by atoms with Crippen molar-refractivity contribution in [1.29, 1.82) is 0 Å². The molecule has 5 rings (SSSR count). The number of benzene rings is 2. The van der Waals surface area contributed by atoms with Crippen LogP contribution in [0.1, 0.15) is 27.2 Å². The van der Waals surface area contributed by atoms with Crippen molar-refractivity contribution in [3.05, 3.63) is 71.0 Å². The van der Waals surface area contributed by atoms with Crippen molar-refractivity contribution in [2.75, 3.05) is 45.7 Å². The number of nitrogens with one attached hydrogen (secondary N) is 2. The molecule has 34 heavy (non-hydrogen) atoms. The van der Waals surface area contributed by atoms with Crippen LogP contribution in [0.15, 0.2) is 48.7 Å². The summed E-state index contributed by atoms with van der Waals surface area (Å²) < 4.78 is 5.58. The normalized spacial score (nSPS) is 17.1. The average Bonchev–Trinajstić information content (AvgIpc) is 3.38. The van der Waals surface area contributed by atoms with Gasteiger partial charge in [-0.3, -0.25) is 9.59 Å². The Balaban J connectivity index is 1.54. The second-order valence-corrected chi connectivity index (χ2v) is 8.78. The van der Waals surface area contributed by atoms with Crippen LogP contribution in [0.4, 0.5) is 5.69 Å². The summed E-state index contributed by atoms with van der Waals surface area (Å²) in [5.74, 6) is 0.599. The van der Waals surface area contributed by atoms with Crippen molar-refractivity contribution in [1.82, 2.24) is 14.8 Å². The fraction of sp³-hybridized carbons (Fsp3) is 0.259. The molecule has 2 amide bonds. The van der Waals surface area contributed by atoms with Crippen LogP contribution in [0.25, 0.3) is 22.8 Å².